The Morgan fingerprint density at radius 1 is 0.931 bits per heavy atom. The molecule has 2 aromatic rings. The second kappa shape index (κ2) is 10.2. The molecule has 0 heterocycles. The van der Waals surface area contributed by atoms with Crippen LogP contribution in [0.5, 0.6) is 0 Å². The molecule has 6 nitrogen and oxygen atoms in total. The van der Waals surface area contributed by atoms with Gasteiger partial charge in [-0.3, -0.25) is 9.59 Å². The van der Waals surface area contributed by atoms with E-state index in [1.807, 2.05) is 30.3 Å². The van der Waals surface area contributed by atoms with E-state index in [9.17, 15) is 14.4 Å². The molecule has 2 N–H and O–H groups in total. The van der Waals surface area contributed by atoms with Crippen molar-refractivity contribution < 1.29 is 19.1 Å². The third kappa shape index (κ3) is 6.92. The van der Waals surface area contributed by atoms with Crippen LogP contribution < -0.4 is 10.6 Å². The second-order valence-electron chi connectivity index (χ2n) is 6.96. The molecule has 2 aromatic carbocycles. The van der Waals surface area contributed by atoms with Crippen LogP contribution in [-0.2, 0) is 19.1 Å². The van der Waals surface area contributed by atoms with Crippen molar-refractivity contribution in [1.29, 1.82) is 0 Å². The van der Waals surface area contributed by atoms with Gasteiger partial charge in [-0.15, -0.1) is 0 Å². The lowest BCUT2D eigenvalue weighted by atomic mass is 10.0. The van der Waals surface area contributed by atoms with E-state index >= 15 is 0 Å². The van der Waals surface area contributed by atoms with Gasteiger partial charge in [-0.05, 0) is 42.2 Å². The highest BCUT2D eigenvalue weighted by Gasteiger charge is 2.21. The van der Waals surface area contributed by atoms with Gasteiger partial charge in [-0.1, -0.05) is 56.3 Å². The molecule has 0 bridgehead atoms. The molecule has 0 spiro atoms. The van der Waals surface area contributed by atoms with Gasteiger partial charge in [-0.25, -0.2) is 4.79 Å². The van der Waals surface area contributed by atoms with E-state index in [1.165, 1.54) is 19.9 Å². The zero-order valence-corrected chi connectivity index (χ0v) is 17.1. The number of rotatable bonds is 7. The second-order valence-corrected chi connectivity index (χ2v) is 6.96. The summed E-state index contributed by atoms with van der Waals surface area (Å²) in [5.74, 6) is -1.27. The molecule has 29 heavy (non-hydrogen) atoms. The number of carbonyl (C=O) groups excluding carboxylic acids is 3. The van der Waals surface area contributed by atoms with Gasteiger partial charge in [0.1, 0.15) is 5.70 Å². The van der Waals surface area contributed by atoms with Crippen LogP contribution in [0.2, 0.25) is 0 Å². The van der Waals surface area contributed by atoms with Gasteiger partial charge in [0.05, 0.1) is 0 Å². The summed E-state index contributed by atoms with van der Waals surface area (Å²) < 4.78 is 5.25. The lowest BCUT2D eigenvalue weighted by Gasteiger charge is -2.15. The smallest absolute Gasteiger partial charge is 0.355 e. The van der Waals surface area contributed by atoms with Crippen molar-refractivity contribution in [3.05, 3.63) is 71.4 Å². The molecule has 0 fully saturated rings. The molecule has 2 amide bonds. The van der Waals surface area contributed by atoms with Crippen LogP contribution in [0.25, 0.3) is 6.08 Å². The summed E-state index contributed by atoms with van der Waals surface area (Å²) in [5.41, 5.74) is 2.46. The maximum Gasteiger partial charge on any atom is 0.355 e. The van der Waals surface area contributed by atoms with Crippen LogP contribution in [0, 0.1) is 0 Å². The molecule has 152 valence electrons. The number of amides is 2. The van der Waals surface area contributed by atoms with Gasteiger partial charge in [-0.2, -0.15) is 0 Å². The fourth-order valence-corrected chi connectivity index (χ4v) is 2.52. The summed E-state index contributed by atoms with van der Waals surface area (Å²) >= 11 is 0. The fourth-order valence-electron chi connectivity index (χ4n) is 2.52. The minimum atomic E-state index is -1.04. The third-order valence-electron chi connectivity index (χ3n) is 4.14. The van der Waals surface area contributed by atoms with E-state index in [-0.39, 0.29) is 5.70 Å². The normalized spacial score (nSPS) is 12.2. The minimum Gasteiger partial charge on any atom is -0.448 e. The Morgan fingerprint density at radius 3 is 2.10 bits per heavy atom. The first-order chi connectivity index (χ1) is 13.8. The topological polar surface area (TPSA) is 84.5 Å². The number of hydrogen-bond acceptors (Lipinski definition) is 4. The number of hydrogen-bond donors (Lipinski definition) is 2. The zero-order chi connectivity index (χ0) is 21.4. The van der Waals surface area contributed by atoms with Crippen LogP contribution in [0.1, 0.15) is 44.7 Å². The lowest BCUT2D eigenvalue weighted by molar-refractivity contribution is -0.149. The molecule has 1 atom stereocenters. The van der Waals surface area contributed by atoms with Crippen molar-refractivity contribution in [2.75, 3.05) is 5.32 Å². The van der Waals surface area contributed by atoms with Crippen molar-refractivity contribution >= 4 is 29.5 Å². The van der Waals surface area contributed by atoms with Gasteiger partial charge >= 0.3 is 5.97 Å². The van der Waals surface area contributed by atoms with Crippen LogP contribution in [0.15, 0.2) is 60.3 Å². The molecule has 0 aliphatic rings. The maximum atomic E-state index is 12.5. The summed E-state index contributed by atoms with van der Waals surface area (Å²) in [4.78, 5) is 36.3. The Hall–Kier alpha value is -3.41. The fraction of sp³-hybridized carbons (Fsp3) is 0.261. The predicted octanol–water partition coefficient (Wildman–Crippen LogP) is 3.86. The lowest BCUT2D eigenvalue weighted by Crippen LogP contribution is -2.33. The molecule has 0 radical (unpaired) electrons. The van der Waals surface area contributed by atoms with Crippen molar-refractivity contribution in [3.63, 3.8) is 0 Å². The summed E-state index contributed by atoms with van der Waals surface area (Å²) in [5, 5.41) is 5.17. The largest absolute Gasteiger partial charge is 0.448 e. The predicted molar refractivity (Wildman–Crippen MR) is 113 cm³/mol. The Kier molecular flexibility index (Phi) is 7.71. The first kappa shape index (κ1) is 21.9. The van der Waals surface area contributed by atoms with E-state index in [0.717, 1.165) is 11.1 Å². The van der Waals surface area contributed by atoms with Crippen molar-refractivity contribution in [2.45, 2.75) is 39.7 Å². The highest BCUT2D eigenvalue weighted by Crippen LogP contribution is 2.17. The van der Waals surface area contributed by atoms with Crippen LogP contribution in [0.3, 0.4) is 0 Å². The molecule has 2 rings (SSSR count). The van der Waals surface area contributed by atoms with Crippen LogP contribution in [-0.4, -0.2) is 23.9 Å². The first-order valence-corrected chi connectivity index (χ1v) is 9.42. The molecular weight excluding hydrogens is 368 g/mol. The summed E-state index contributed by atoms with van der Waals surface area (Å²) in [6.45, 7) is 6.95. The average molecular weight is 394 g/mol. The quantitative estimate of drug-likeness (QED) is 0.552. The number of carbonyl (C=O) groups is 3. The Balaban J connectivity index is 2.05. The first-order valence-electron chi connectivity index (χ1n) is 9.42. The molecule has 0 unspecified atom stereocenters. The molecule has 0 aliphatic heterocycles. The Bertz CT molecular complexity index is 887. The summed E-state index contributed by atoms with van der Waals surface area (Å²) in [6, 6.07) is 16.5. The number of anilines is 1. The highest BCUT2D eigenvalue weighted by molar-refractivity contribution is 6.00. The maximum absolute atomic E-state index is 12.5. The average Bonchev–Trinajstić information content (AvgIpc) is 2.68. The summed E-state index contributed by atoms with van der Waals surface area (Å²) in [6.07, 6.45) is 0.458. The van der Waals surface area contributed by atoms with Crippen molar-refractivity contribution in [2.24, 2.45) is 0 Å². The number of esters is 1. The SMILES string of the molecule is CC(=O)N/C(=C\c1ccccc1)C(=O)O[C@H](C)C(=O)Nc1ccc(C(C)C)cc1. The van der Waals surface area contributed by atoms with E-state index in [2.05, 4.69) is 24.5 Å². The molecule has 0 saturated carbocycles. The molecule has 0 aromatic heterocycles. The van der Waals surface area contributed by atoms with Crippen LogP contribution in [0.4, 0.5) is 5.69 Å². The molecule has 6 heteroatoms. The molecule has 0 aliphatic carbocycles. The van der Waals surface area contributed by atoms with Gasteiger partial charge in [0.25, 0.3) is 5.91 Å². The van der Waals surface area contributed by atoms with Crippen LogP contribution >= 0.6 is 0 Å². The van der Waals surface area contributed by atoms with E-state index < -0.39 is 23.9 Å². The summed E-state index contributed by atoms with van der Waals surface area (Å²) in [7, 11) is 0. The Labute approximate surface area is 171 Å². The third-order valence-corrected chi connectivity index (χ3v) is 4.14. The van der Waals surface area contributed by atoms with Gasteiger partial charge in [0.15, 0.2) is 6.10 Å². The standard InChI is InChI=1S/C23H26N2O4/c1-15(2)19-10-12-20(13-11-19)25-22(27)16(3)29-23(28)21(24-17(4)26)14-18-8-6-5-7-9-18/h5-16H,1-4H3,(H,24,26)(H,25,27)/b21-14-/t16-/m1/s1. The number of ether oxygens (including phenoxy) is 1. The van der Waals surface area contributed by atoms with Gasteiger partial charge < -0.3 is 15.4 Å². The van der Waals surface area contributed by atoms with Gasteiger partial charge in [0, 0.05) is 12.6 Å². The highest BCUT2D eigenvalue weighted by atomic mass is 16.5. The van der Waals surface area contributed by atoms with E-state index in [1.54, 1.807) is 24.3 Å². The van der Waals surface area contributed by atoms with Crippen molar-refractivity contribution in [3.8, 4) is 0 Å². The van der Waals surface area contributed by atoms with E-state index in [0.29, 0.717) is 11.6 Å². The van der Waals surface area contributed by atoms with Crippen molar-refractivity contribution in [1.82, 2.24) is 5.32 Å². The minimum absolute atomic E-state index is 0.0374. The molecular formula is C23H26N2O4. The Morgan fingerprint density at radius 2 is 1.55 bits per heavy atom. The monoisotopic (exact) mass is 394 g/mol. The zero-order valence-electron chi connectivity index (χ0n) is 17.1. The number of nitrogens with one attached hydrogen (secondary N) is 2. The van der Waals surface area contributed by atoms with E-state index in [4.69, 9.17) is 4.74 Å². The van der Waals surface area contributed by atoms with Gasteiger partial charge in [0.2, 0.25) is 5.91 Å². The number of benzene rings is 2. The molecule has 0 saturated heterocycles.